The van der Waals surface area contributed by atoms with Gasteiger partial charge in [0.05, 0.1) is 19.0 Å². The Hall–Kier alpha value is -2.73. The molecule has 0 N–H and O–H groups in total. The lowest BCUT2D eigenvalue weighted by atomic mass is 10.1. The minimum Gasteiger partial charge on any atom is -0.490 e. The first-order valence-electron chi connectivity index (χ1n) is 8.90. The number of imidazole rings is 1. The van der Waals surface area contributed by atoms with Crippen LogP contribution in [0.3, 0.4) is 0 Å². The van der Waals surface area contributed by atoms with Gasteiger partial charge in [-0.3, -0.25) is 4.79 Å². The topological polar surface area (TPSA) is 53.4 Å². The Bertz CT molecular complexity index is 924. The molecule has 138 valence electrons. The summed E-state index contributed by atoms with van der Waals surface area (Å²) in [7, 11) is 0. The fraction of sp³-hybridized carbons (Fsp3) is 0.238. The summed E-state index contributed by atoms with van der Waals surface area (Å²) in [5.41, 5.74) is 1.83. The highest BCUT2D eigenvalue weighted by molar-refractivity contribution is 7.99. The van der Waals surface area contributed by atoms with Gasteiger partial charge in [0, 0.05) is 30.9 Å². The quantitative estimate of drug-likeness (QED) is 0.477. The van der Waals surface area contributed by atoms with E-state index in [2.05, 4.69) is 21.7 Å². The number of thioether (sulfide) groups is 1. The fourth-order valence-electron chi connectivity index (χ4n) is 2.89. The Kier molecular flexibility index (Phi) is 5.44. The molecule has 1 aliphatic heterocycles. The van der Waals surface area contributed by atoms with Crippen LogP contribution in [0.25, 0.3) is 0 Å². The van der Waals surface area contributed by atoms with Crippen LogP contribution in [0.5, 0.6) is 11.5 Å². The van der Waals surface area contributed by atoms with Gasteiger partial charge in [-0.1, -0.05) is 42.1 Å². The van der Waals surface area contributed by atoms with E-state index in [1.807, 2.05) is 30.5 Å². The number of ether oxygens (including phenoxy) is 2. The van der Waals surface area contributed by atoms with Crippen molar-refractivity contribution in [2.75, 3.05) is 19.0 Å². The average molecular weight is 380 g/mol. The molecule has 0 unspecified atom stereocenters. The molecule has 5 nitrogen and oxygen atoms in total. The Morgan fingerprint density at radius 3 is 2.74 bits per heavy atom. The molecule has 2 aromatic carbocycles. The first kappa shape index (κ1) is 17.7. The van der Waals surface area contributed by atoms with Crippen LogP contribution in [-0.4, -0.2) is 34.3 Å². The van der Waals surface area contributed by atoms with Crippen molar-refractivity contribution in [3.63, 3.8) is 0 Å². The van der Waals surface area contributed by atoms with E-state index in [4.69, 9.17) is 9.47 Å². The van der Waals surface area contributed by atoms with Crippen LogP contribution in [0, 0.1) is 0 Å². The summed E-state index contributed by atoms with van der Waals surface area (Å²) < 4.78 is 13.4. The zero-order valence-electron chi connectivity index (χ0n) is 14.8. The van der Waals surface area contributed by atoms with Crippen LogP contribution in [0.1, 0.15) is 22.3 Å². The van der Waals surface area contributed by atoms with Crippen molar-refractivity contribution < 1.29 is 14.3 Å². The molecule has 0 amide bonds. The summed E-state index contributed by atoms with van der Waals surface area (Å²) in [5, 5.41) is 0.835. The lowest BCUT2D eigenvalue weighted by Gasteiger charge is -2.09. The predicted molar refractivity (Wildman–Crippen MR) is 105 cm³/mol. The lowest BCUT2D eigenvalue weighted by Crippen LogP contribution is -2.06. The third-order valence-electron chi connectivity index (χ3n) is 4.27. The first-order chi connectivity index (χ1) is 13.3. The van der Waals surface area contributed by atoms with Gasteiger partial charge in [0.2, 0.25) is 0 Å². The standard InChI is InChI=1S/C21H20N2O3S/c24-18(17-7-8-19-20(13-17)26-12-4-11-25-19)15-27-21-22-9-10-23(21)14-16-5-2-1-3-6-16/h1-3,5-10,13H,4,11-12,14-15H2. The van der Waals surface area contributed by atoms with Crippen molar-refractivity contribution in [2.45, 2.75) is 18.1 Å². The molecule has 27 heavy (non-hydrogen) atoms. The van der Waals surface area contributed by atoms with Crippen molar-refractivity contribution in [1.29, 1.82) is 0 Å². The van der Waals surface area contributed by atoms with Crippen LogP contribution in [0.4, 0.5) is 0 Å². The SMILES string of the molecule is O=C(CSc1nccn1Cc1ccccc1)c1ccc2c(c1)OCCCO2. The first-order valence-corrected chi connectivity index (χ1v) is 9.89. The Labute approximate surface area is 162 Å². The lowest BCUT2D eigenvalue weighted by molar-refractivity contribution is 0.102. The number of nitrogens with zero attached hydrogens (tertiary/aromatic N) is 2. The highest BCUT2D eigenvalue weighted by Crippen LogP contribution is 2.31. The third-order valence-corrected chi connectivity index (χ3v) is 5.28. The number of carbonyl (C=O) groups excluding carboxylic acids is 1. The van der Waals surface area contributed by atoms with Gasteiger partial charge < -0.3 is 14.0 Å². The predicted octanol–water partition coefficient (Wildman–Crippen LogP) is 4.07. The molecular weight excluding hydrogens is 360 g/mol. The molecule has 1 aromatic heterocycles. The summed E-state index contributed by atoms with van der Waals surface area (Å²) >= 11 is 1.45. The highest BCUT2D eigenvalue weighted by Gasteiger charge is 2.15. The molecule has 6 heteroatoms. The van der Waals surface area contributed by atoms with Crippen LogP contribution < -0.4 is 9.47 Å². The summed E-state index contributed by atoms with van der Waals surface area (Å²) in [5.74, 6) is 1.72. The molecule has 0 bridgehead atoms. The molecule has 0 saturated carbocycles. The number of rotatable bonds is 6. The van der Waals surface area contributed by atoms with E-state index in [0.717, 1.165) is 18.1 Å². The minimum absolute atomic E-state index is 0.0462. The fourth-order valence-corrected chi connectivity index (χ4v) is 3.74. The second-order valence-electron chi connectivity index (χ2n) is 6.25. The molecule has 2 heterocycles. The molecule has 4 rings (SSSR count). The minimum atomic E-state index is 0.0462. The Balaban J connectivity index is 1.41. The van der Waals surface area contributed by atoms with E-state index in [-0.39, 0.29) is 5.78 Å². The second kappa shape index (κ2) is 8.31. The summed E-state index contributed by atoms with van der Waals surface area (Å²) in [6, 6.07) is 15.6. The maximum absolute atomic E-state index is 12.6. The largest absolute Gasteiger partial charge is 0.490 e. The summed E-state index contributed by atoms with van der Waals surface area (Å²) in [6.45, 7) is 1.98. The molecule has 0 atom stereocenters. The van der Waals surface area contributed by atoms with Crippen LogP contribution >= 0.6 is 11.8 Å². The molecule has 0 saturated heterocycles. The van der Waals surface area contributed by atoms with E-state index >= 15 is 0 Å². The number of Topliss-reactive ketones (excluding diaryl/α,β-unsaturated/α-hetero) is 1. The number of aromatic nitrogens is 2. The van der Waals surface area contributed by atoms with Crippen molar-refractivity contribution in [3.05, 3.63) is 72.1 Å². The van der Waals surface area contributed by atoms with Gasteiger partial charge in [-0.25, -0.2) is 4.98 Å². The van der Waals surface area contributed by atoms with Crippen LogP contribution in [0.2, 0.25) is 0 Å². The van der Waals surface area contributed by atoms with Gasteiger partial charge in [0.15, 0.2) is 22.4 Å². The molecule has 0 spiro atoms. The zero-order valence-corrected chi connectivity index (χ0v) is 15.7. The normalized spacial score (nSPS) is 13.2. The van der Waals surface area contributed by atoms with Gasteiger partial charge in [-0.15, -0.1) is 0 Å². The number of fused-ring (bicyclic) bond motifs is 1. The summed E-state index contributed by atoms with van der Waals surface area (Å²) in [4.78, 5) is 17.0. The number of benzene rings is 2. The molecule has 1 aliphatic rings. The van der Waals surface area contributed by atoms with Crippen molar-refractivity contribution >= 4 is 17.5 Å². The number of ketones is 1. The molecular formula is C21H20N2O3S. The van der Waals surface area contributed by atoms with Gasteiger partial charge in [-0.2, -0.15) is 0 Å². The van der Waals surface area contributed by atoms with Gasteiger partial charge >= 0.3 is 0 Å². The average Bonchev–Trinajstić information content (AvgIpc) is 3.00. The van der Waals surface area contributed by atoms with E-state index in [0.29, 0.717) is 36.0 Å². The van der Waals surface area contributed by atoms with Crippen molar-refractivity contribution in [2.24, 2.45) is 0 Å². The maximum atomic E-state index is 12.6. The second-order valence-corrected chi connectivity index (χ2v) is 7.19. The van der Waals surface area contributed by atoms with Gasteiger partial charge in [0.25, 0.3) is 0 Å². The Morgan fingerprint density at radius 2 is 1.89 bits per heavy atom. The van der Waals surface area contributed by atoms with E-state index < -0.39 is 0 Å². The summed E-state index contributed by atoms with van der Waals surface area (Å²) in [6.07, 6.45) is 4.55. The van der Waals surface area contributed by atoms with Crippen molar-refractivity contribution in [1.82, 2.24) is 9.55 Å². The number of carbonyl (C=O) groups is 1. The molecule has 3 aromatic rings. The molecule has 0 radical (unpaired) electrons. The zero-order chi connectivity index (χ0) is 18.5. The molecule has 0 aliphatic carbocycles. The van der Waals surface area contributed by atoms with Gasteiger partial charge in [0.1, 0.15) is 0 Å². The van der Waals surface area contributed by atoms with Crippen molar-refractivity contribution in [3.8, 4) is 11.5 Å². The third kappa shape index (κ3) is 4.34. The van der Waals surface area contributed by atoms with Gasteiger partial charge in [-0.05, 0) is 23.8 Å². The Morgan fingerprint density at radius 1 is 1.07 bits per heavy atom. The van der Waals surface area contributed by atoms with E-state index in [1.54, 1.807) is 18.3 Å². The molecule has 0 fully saturated rings. The monoisotopic (exact) mass is 380 g/mol. The number of hydrogen-bond donors (Lipinski definition) is 0. The highest BCUT2D eigenvalue weighted by atomic mass is 32.2. The number of hydrogen-bond acceptors (Lipinski definition) is 5. The smallest absolute Gasteiger partial charge is 0.173 e. The van der Waals surface area contributed by atoms with E-state index in [1.165, 1.54) is 17.3 Å². The van der Waals surface area contributed by atoms with E-state index in [9.17, 15) is 4.79 Å². The van der Waals surface area contributed by atoms with Crippen LogP contribution in [-0.2, 0) is 6.54 Å². The maximum Gasteiger partial charge on any atom is 0.173 e. The van der Waals surface area contributed by atoms with Crippen LogP contribution in [0.15, 0.2) is 66.1 Å².